The lowest BCUT2D eigenvalue weighted by molar-refractivity contribution is 0.0314. The summed E-state index contributed by atoms with van der Waals surface area (Å²) in [6.45, 7) is 6.68. The minimum atomic E-state index is -0.117. The fourth-order valence-electron chi connectivity index (χ4n) is 1.51. The highest BCUT2D eigenvalue weighted by molar-refractivity contribution is 5.36. The molecular weight excluding hydrogens is 240 g/mol. The Morgan fingerprint density at radius 1 is 1.21 bits per heavy atom. The summed E-state index contributed by atoms with van der Waals surface area (Å²) in [4.78, 5) is 0. The van der Waals surface area contributed by atoms with Crippen LogP contribution in [0.3, 0.4) is 0 Å². The third-order valence-electron chi connectivity index (χ3n) is 2.33. The molecule has 0 saturated heterocycles. The standard InChI is InChI=1S/C16H22O3/c1-14(2)12-18-9-10-19-13-16-6-3-5-15(11-16)7-4-8-17/h3,5-6,11,14,17H,8-10,12-13H2,1-2H3. The summed E-state index contributed by atoms with van der Waals surface area (Å²) in [7, 11) is 0. The number of aliphatic hydroxyl groups is 1. The fraction of sp³-hybridized carbons (Fsp3) is 0.500. The summed E-state index contributed by atoms with van der Waals surface area (Å²) in [5.41, 5.74) is 1.97. The molecule has 0 bridgehead atoms. The smallest absolute Gasteiger partial charge is 0.104 e. The molecule has 0 unspecified atom stereocenters. The van der Waals surface area contributed by atoms with Gasteiger partial charge in [0.2, 0.25) is 0 Å². The monoisotopic (exact) mass is 262 g/mol. The van der Waals surface area contributed by atoms with Gasteiger partial charge in [-0.05, 0) is 23.6 Å². The second-order valence-electron chi connectivity index (χ2n) is 4.68. The van der Waals surface area contributed by atoms with Crippen LogP contribution in [0.2, 0.25) is 0 Å². The molecule has 0 heterocycles. The largest absolute Gasteiger partial charge is 0.384 e. The summed E-state index contributed by atoms with van der Waals surface area (Å²) < 4.78 is 11.0. The Balaban J connectivity index is 2.25. The molecule has 1 aromatic rings. The van der Waals surface area contributed by atoms with E-state index in [1.165, 1.54) is 0 Å². The van der Waals surface area contributed by atoms with Crippen molar-refractivity contribution in [2.45, 2.75) is 20.5 Å². The van der Waals surface area contributed by atoms with Crippen molar-refractivity contribution in [2.24, 2.45) is 5.92 Å². The molecule has 104 valence electrons. The van der Waals surface area contributed by atoms with Gasteiger partial charge in [0.1, 0.15) is 6.61 Å². The Labute approximate surface area is 115 Å². The molecule has 0 aliphatic heterocycles. The van der Waals surface area contributed by atoms with Crippen molar-refractivity contribution in [3.8, 4) is 11.8 Å². The quantitative estimate of drug-likeness (QED) is 0.605. The van der Waals surface area contributed by atoms with E-state index in [4.69, 9.17) is 14.6 Å². The van der Waals surface area contributed by atoms with Crippen molar-refractivity contribution >= 4 is 0 Å². The maximum absolute atomic E-state index is 8.65. The number of hydrogen-bond donors (Lipinski definition) is 1. The first-order valence-corrected chi connectivity index (χ1v) is 6.56. The zero-order valence-corrected chi connectivity index (χ0v) is 11.7. The molecule has 0 atom stereocenters. The lowest BCUT2D eigenvalue weighted by atomic mass is 10.1. The topological polar surface area (TPSA) is 38.7 Å². The van der Waals surface area contributed by atoms with E-state index < -0.39 is 0 Å². The zero-order valence-electron chi connectivity index (χ0n) is 11.7. The SMILES string of the molecule is CC(C)COCCOCc1cccc(C#CCO)c1. The number of rotatable bonds is 7. The van der Waals surface area contributed by atoms with E-state index in [2.05, 4.69) is 25.7 Å². The molecule has 0 fully saturated rings. The Hall–Kier alpha value is -1.34. The molecule has 0 aliphatic rings. The second kappa shape index (κ2) is 9.57. The molecule has 1 N–H and O–H groups in total. The molecule has 3 nitrogen and oxygen atoms in total. The minimum Gasteiger partial charge on any atom is -0.384 e. The Kier molecular flexibility index (Phi) is 7.92. The van der Waals surface area contributed by atoms with Crippen LogP contribution >= 0.6 is 0 Å². The highest BCUT2D eigenvalue weighted by Gasteiger charge is 1.96. The van der Waals surface area contributed by atoms with Crippen molar-refractivity contribution in [3.05, 3.63) is 35.4 Å². The Morgan fingerprint density at radius 3 is 2.74 bits per heavy atom. The molecule has 1 aromatic carbocycles. The van der Waals surface area contributed by atoms with E-state index in [0.29, 0.717) is 25.7 Å². The van der Waals surface area contributed by atoms with Gasteiger partial charge in [0.25, 0.3) is 0 Å². The van der Waals surface area contributed by atoms with Crippen LogP contribution in [0.15, 0.2) is 24.3 Å². The molecule has 0 aromatic heterocycles. The predicted octanol–water partition coefficient (Wildman–Crippen LogP) is 2.22. The molecule has 0 aliphatic carbocycles. The highest BCUT2D eigenvalue weighted by Crippen LogP contribution is 2.05. The summed E-state index contributed by atoms with van der Waals surface area (Å²) in [5, 5.41) is 8.65. The van der Waals surface area contributed by atoms with Crippen molar-refractivity contribution in [2.75, 3.05) is 26.4 Å². The molecule has 1 rings (SSSR count). The fourth-order valence-corrected chi connectivity index (χ4v) is 1.51. The first-order chi connectivity index (χ1) is 9.22. The average Bonchev–Trinajstić information content (AvgIpc) is 2.40. The van der Waals surface area contributed by atoms with E-state index in [-0.39, 0.29) is 6.61 Å². The number of ether oxygens (including phenoxy) is 2. The van der Waals surface area contributed by atoms with Gasteiger partial charge in [-0.2, -0.15) is 0 Å². The molecule has 0 amide bonds. The molecular formula is C16H22O3. The summed E-state index contributed by atoms with van der Waals surface area (Å²) in [6.07, 6.45) is 0. The number of aliphatic hydroxyl groups excluding tert-OH is 1. The van der Waals surface area contributed by atoms with Crippen LogP contribution in [-0.2, 0) is 16.1 Å². The number of benzene rings is 1. The van der Waals surface area contributed by atoms with E-state index in [0.717, 1.165) is 17.7 Å². The van der Waals surface area contributed by atoms with Gasteiger partial charge in [-0.25, -0.2) is 0 Å². The van der Waals surface area contributed by atoms with Crippen LogP contribution in [0.4, 0.5) is 0 Å². The van der Waals surface area contributed by atoms with Crippen LogP contribution in [0, 0.1) is 17.8 Å². The second-order valence-corrected chi connectivity index (χ2v) is 4.68. The van der Waals surface area contributed by atoms with E-state index in [1.807, 2.05) is 24.3 Å². The molecule has 3 heteroatoms. The Bertz CT molecular complexity index is 415. The van der Waals surface area contributed by atoms with Gasteiger partial charge in [-0.1, -0.05) is 37.8 Å². The first-order valence-electron chi connectivity index (χ1n) is 6.56. The van der Waals surface area contributed by atoms with Crippen LogP contribution in [0.25, 0.3) is 0 Å². The summed E-state index contributed by atoms with van der Waals surface area (Å²) >= 11 is 0. The van der Waals surface area contributed by atoms with Gasteiger partial charge in [0.15, 0.2) is 0 Å². The maximum Gasteiger partial charge on any atom is 0.104 e. The Morgan fingerprint density at radius 2 is 2.00 bits per heavy atom. The highest BCUT2D eigenvalue weighted by atomic mass is 16.5. The summed E-state index contributed by atoms with van der Waals surface area (Å²) in [5.74, 6) is 6.07. The van der Waals surface area contributed by atoms with Gasteiger partial charge in [-0.15, -0.1) is 0 Å². The lowest BCUT2D eigenvalue weighted by Gasteiger charge is -2.07. The van der Waals surface area contributed by atoms with Gasteiger partial charge in [-0.3, -0.25) is 0 Å². The van der Waals surface area contributed by atoms with Crippen molar-refractivity contribution in [3.63, 3.8) is 0 Å². The number of hydrogen-bond acceptors (Lipinski definition) is 3. The van der Waals surface area contributed by atoms with E-state index >= 15 is 0 Å². The molecule has 0 saturated carbocycles. The van der Waals surface area contributed by atoms with Crippen LogP contribution in [0.5, 0.6) is 0 Å². The zero-order chi connectivity index (χ0) is 13.9. The van der Waals surface area contributed by atoms with Gasteiger partial charge in [0.05, 0.1) is 19.8 Å². The predicted molar refractivity (Wildman–Crippen MR) is 75.7 cm³/mol. The summed E-state index contributed by atoms with van der Waals surface area (Å²) in [6, 6.07) is 7.82. The molecule has 0 radical (unpaired) electrons. The van der Waals surface area contributed by atoms with Gasteiger partial charge < -0.3 is 14.6 Å². The van der Waals surface area contributed by atoms with Crippen molar-refractivity contribution < 1.29 is 14.6 Å². The maximum atomic E-state index is 8.65. The van der Waals surface area contributed by atoms with Crippen molar-refractivity contribution in [1.29, 1.82) is 0 Å². The minimum absolute atomic E-state index is 0.117. The third-order valence-corrected chi connectivity index (χ3v) is 2.33. The molecule has 0 spiro atoms. The van der Waals surface area contributed by atoms with E-state index in [9.17, 15) is 0 Å². The average molecular weight is 262 g/mol. The third kappa shape index (κ3) is 7.63. The lowest BCUT2D eigenvalue weighted by Crippen LogP contribution is -2.08. The van der Waals surface area contributed by atoms with Gasteiger partial charge >= 0.3 is 0 Å². The molecule has 19 heavy (non-hydrogen) atoms. The van der Waals surface area contributed by atoms with Gasteiger partial charge in [0, 0.05) is 12.2 Å². The van der Waals surface area contributed by atoms with Crippen LogP contribution in [-0.4, -0.2) is 31.5 Å². The normalized spacial score (nSPS) is 10.3. The first kappa shape index (κ1) is 15.7. The van der Waals surface area contributed by atoms with E-state index in [1.54, 1.807) is 0 Å². The van der Waals surface area contributed by atoms with Crippen molar-refractivity contribution in [1.82, 2.24) is 0 Å². The van der Waals surface area contributed by atoms with Crippen LogP contribution in [0.1, 0.15) is 25.0 Å². The van der Waals surface area contributed by atoms with Crippen LogP contribution < -0.4 is 0 Å².